The molecule has 1 atom stereocenters. The van der Waals surface area contributed by atoms with E-state index in [9.17, 15) is 13.2 Å². The lowest BCUT2D eigenvalue weighted by molar-refractivity contribution is -0.120. The number of nitrogens with zero attached hydrogens (tertiary/aromatic N) is 2. The monoisotopic (exact) mass is 387 g/mol. The predicted octanol–water partition coefficient (Wildman–Crippen LogP) is 1.36. The van der Waals surface area contributed by atoms with Crippen LogP contribution in [0.3, 0.4) is 0 Å². The molecule has 1 aromatic rings. The van der Waals surface area contributed by atoms with E-state index in [-0.39, 0.29) is 16.1 Å². The Hall–Kier alpha value is -1.16. The Morgan fingerprint density at radius 1 is 1.32 bits per heavy atom. The van der Waals surface area contributed by atoms with Crippen LogP contribution in [0.1, 0.15) is 20.8 Å². The zero-order chi connectivity index (χ0) is 18.4. The summed E-state index contributed by atoms with van der Waals surface area (Å²) >= 11 is 1.31. The van der Waals surface area contributed by atoms with Gasteiger partial charge in [-0.2, -0.15) is 4.31 Å². The van der Waals surface area contributed by atoms with Gasteiger partial charge in [0, 0.05) is 25.8 Å². The Labute approximate surface area is 153 Å². The van der Waals surface area contributed by atoms with Crippen molar-refractivity contribution in [3.05, 3.63) is 18.3 Å². The van der Waals surface area contributed by atoms with Crippen LogP contribution in [0.5, 0.6) is 0 Å². The number of carbonyl (C=O) groups is 1. The summed E-state index contributed by atoms with van der Waals surface area (Å²) in [6.07, 6.45) is 1.35. The zero-order valence-corrected chi connectivity index (χ0v) is 16.4. The number of hydrogen-bond donors (Lipinski definition) is 1. The number of morpholine rings is 1. The standard InChI is InChI=1S/C16H25N3O4S2/c1-12(2)10-18-16(20)13(3)24-15-5-4-14(11-17-15)25(21,22)19-6-8-23-9-7-19/h4-5,11-13H,6-10H2,1-3H3,(H,18,20). The van der Waals surface area contributed by atoms with Gasteiger partial charge in [0.2, 0.25) is 15.9 Å². The van der Waals surface area contributed by atoms with E-state index in [0.29, 0.717) is 43.8 Å². The summed E-state index contributed by atoms with van der Waals surface area (Å²) in [5.74, 6) is 0.342. The molecule has 1 aliphatic heterocycles. The fraction of sp³-hybridized carbons (Fsp3) is 0.625. The molecule has 25 heavy (non-hydrogen) atoms. The first-order valence-corrected chi connectivity index (χ1v) is 10.6. The lowest BCUT2D eigenvalue weighted by atomic mass is 10.2. The van der Waals surface area contributed by atoms with E-state index in [1.165, 1.54) is 22.3 Å². The van der Waals surface area contributed by atoms with E-state index in [2.05, 4.69) is 10.3 Å². The van der Waals surface area contributed by atoms with Gasteiger partial charge in [0.1, 0.15) is 4.90 Å². The van der Waals surface area contributed by atoms with Crippen LogP contribution < -0.4 is 5.32 Å². The number of sulfonamides is 1. The molecule has 0 radical (unpaired) electrons. The van der Waals surface area contributed by atoms with Gasteiger partial charge in [-0.05, 0) is 25.0 Å². The predicted molar refractivity (Wildman–Crippen MR) is 97.0 cm³/mol. The van der Waals surface area contributed by atoms with E-state index in [4.69, 9.17) is 4.74 Å². The Morgan fingerprint density at radius 2 is 2.00 bits per heavy atom. The van der Waals surface area contributed by atoms with Gasteiger partial charge in [0.05, 0.1) is 23.5 Å². The molecule has 7 nitrogen and oxygen atoms in total. The first-order chi connectivity index (χ1) is 11.8. The van der Waals surface area contributed by atoms with E-state index in [0.717, 1.165) is 0 Å². The molecule has 0 spiro atoms. The van der Waals surface area contributed by atoms with Gasteiger partial charge < -0.3 is 10.1 Å². The van der Waals surface area contributed by atoms with Crippen molar-refractivity contribution >= 4 is 27.7 Å². The normalized spacial score (nSPS) is 17.4. The third-order valence-electron chi connectivity index (χ3n) is 3.67. The Bertz CT molecular complexity index is 671. The number of nitrogens with one attached hydrogen (secondary N) is 1. The van der Waals surface area contributed by atoms with Gasteiger partial charge >= 0.3 is 0 Å². The molecule has 1 fully saturated rings. The van der Waals surface area contributed by atoms with E-state index in [1.807, 2.05) is 13.8 Å². The van der Waals surface area contributed by atoms with Gasteiger partial charge in [-0.15, -0.1) is 0 Å². The van der Waals surface area contributed by atoms with E-state index < -0.39 is 10.0 Å². The Morgan fingerprint density at radius 3 is 2.56 bits per heavy atom. The van der Waals surface area contributed by atoms with Crippen molar-refractivity contribution < 1.29 is 17.9 Å². The molecule has 2 rings (SSSR count). The van der Waals surface area contributed by atoms with Crippen LogP contribution >= 0.6 is 11.8 Å². The molecule has 2 heterocycles. The van der Waals surface area contributed by atoms with Crippen molar-refractivity contribution in [1.82, 2.24) is 14.6 Å². The molecule has 1 unspecified atom stereocenters. The van der Waals surface area contributed by atoms with Gasteiger partial charge in [-0.3, -0.25) is 4.79 Å². The van der Waals surface area contributed by atoms with E-state index in [1.54, 1.807) is 19.1 Å². The summed E-state index contributed by atoms with van der Waals surface area (Å²) in [7, 11) is -3.54. The van der Waals surface area contributed by atoms with Crippen LogP contribution in [0.2, 0.25) is 0 Å². The average molecular weight is 388 g/mol. The summed E-state index contributed by atoms with van der Waals surface area (Å²) in [6.45, 7) is 8.03. The minimum Gasteiger partial charge on any atom is -0.379 e. The first-order valence-electron chi connectivity index (χ1n) is 8.29. The molecule has 1 aliphatic rings. The second kappa shape index (κ2) is 8.98. The summed E-state index contributed by atoms with van der Waals surface area (Å²) in [5, 5.41) is 3.20. The highest BCUT2D eigenvalue weighted by Crippen LogP contribution is 2.23. The number of hydrogen-bond acceptors (Lipinski definition) is 6. The molecular formula is C16H25N3O4S2. The molecule has 0 saturated carbocycles. The molecule has 0 aromatic carbocycles. The maximum Gasteiger partial charge on any atom is 0.244 e. The van der Waals surface area contributed by atoms with Crippen molar-refractivity contribution in [2.75, 3.05) is 32.8 Å². The highest BCUT2D eigenvalue weighted by Gasteiger charge is 2.26. The number of carbonyl (C=O) groups excluding carboxylic acids is 1. The summed E-state index contributed by atoms with van der Waals surface area (Å²) in [5.41, 5.74) is 0. The topological polar surface area (TPSA) is 88.6 Å². The molecule has 1 saturated heterocycles. The van der Waals surface area contributed by atoms with Crippen molar-refractivity contribution in [1.29, 1.82) is 0 Å². The molecule has 1 N–H and O–H groups in total. The highest BCUT2D eigenvalue weighted by molar-refractivity contribution is 8.00. The molecule has 140 valence electrons. The van der Waals surface area contributed by atoms with E-state index >= 15 is 0 Å². The zero-order valence-electron chi connectivity index (χ0n) is 14.8. The van der Waals surface area contributed by atoms with Gasteiger partial charge in [0.25, 0.3) is 0 Å². The summed E-state index contributed by atoms with van der Waals surface area (Å²) in [4.78, 5) is 16.4. The van der Waals surface area contributed by atoms with Crippen LogP contribution in [0.25, 0.3) is 0 Å². The van der Waals surface area contributed by atoms with Crippen LogP contribution in [0, 0.1) is 5.92 Å². The number of rotatable bonds is 7. The minimum absolute atomic E-state index is 0.0504. The summed E-state index contributed by atoms with van der Waals surface area (Å²) < 4.78 is 31.7. The second-order valence-corrected chi connectivity index (χ2v) is 9.55. The number of aromatic nitrogens is 1. The molecule has 0 bridgehead atoms. The second-order valence-electron chi connectivity index (χ2n) is 6.25. The molecule has 9 heteroatoms. The van der Waals surface area contributed by atoms with Crippen molar-refractivity contribution in [2.24, 2.45) is 5.92 Å². The molecule has 0 aliphatic carbocycles. The van der Waals surface area contributed by atoms with Crippen molar-refractivity contribution in [2.45, 2.75) is 35.9 Å². The third-order valence-corrected chi connectivity index (χ3v) is 6.60. The SMILES string of the molecule is CC(C)CNC(=O)C(C)Sc1ccc(S(=O)(=O)N2CCOCC2)cn1. The number of pyridine rings is 1. The van der Waals surface area contributed by atoms with Crippen LogP contribution in [0.4, 0.5) is 0 Å². The molecular weight excluding hydrogens is 362 g/mol. The summed E-state index contributed by atoms with van der Waals surface area (Å²) in [6, 6.07) is 3.18. The quantitative estimate of drug-likeness (QED) is 0.711. The van der Waals surface area contributed by atoms with Gasteiger partial charge in [-0.25, -0.2) is 13.4 Å². The lowest BCUT2D eigenvalue weighted by Gasteiger charge is -2.25. The first kappa shape index (κ1) is 20.2. The fourth-order valence-corrected chi connectivity index (χ4v) is 4.37. The minimum atomic E-state index is -3.54. The number of ether oxygens (including phenoxy) is 1. The van der Waals surface area contributed by atoms with Crippen molar-refractivity contribution in [3.63, 3.8) is 0 Å². The maximum atomic E-state index is 12.5. The van der Waals surface area contributed by atoms with Crippen LogP contribution in [-0.2, 0) is 19.6 Å². The van der Waals surface area contributed by atoms with Gasteiger partial charge in [0.15, 0.2) is 0 Å². The van der Waals surface area contributed by atoms with Crippen LogP contribution in [0.15, 0.2) is 28.3 Å². The third kappa shape index (κ3) is 5.67. The smallest absolute Gasteiger partial charge is 0.244 e. The fourth-order valence-electron chi connectivity index (χ4n) is 2.21. The molecule has 1 aromatic heterocycles. The molecule has 1 amide bonds. The lowest BCUT2D eigenvalue weighted by Crippen LogP contribution is -2.40. The average Bonchev–Trinajstić information content (AvgIpc) is 2.60. The van der Waals surface area contributed by atoms with Crippen LogP contribution in [-0.4, -0.2) is 61.7 Å². The largest absolute Gasteiger partial charge is 0.379 e. The number of amides is 1. The van der Waals surface area contributed by atoms with Gasteiger partial charge in [-0.1, -0.05) is 25.6 Å². The Balaban J connectivity index is 1.98. The van der Waals surface area contributed by atoms with Crippen molar-refractivity contribution in [3.8, 4) is 0 Å². The Kier molecular flexibility index (Phi) is 7.24. The number of thioether (sulfide) groups is 1. The highest BCUT2D eigenvalue weighted by atomic mass is 32.2. The maximum absolute atomic E-state index is 12.5.